The van der Waals surface area contributed by atoms with Gasteiger partial charge in [0.1, 0.15) is 18.1 Å². The molecule has 8 nitrogen and oxygen atoms in total. The third-order valence-electron chi connectivity index (χ3n) is 4.71. The van der Waals surface area contributed by atoms with Gasteiger partial charge in [0.05, 0.1) is 18.5 Å². The highest BCUT2D eigenvalue weighted by molar-refractivity contribution is 6.30. The number of hydrogen-bond donors (Lipinski definition) is 2. The van der Waals surface area contributed by atoms with E-state index in [-0.39, 0.29) is 18.1 Å². The number of amides is 2. The summed E-state index contributed by atoms with van der Waals surface area (Å²) in [5.41, 5.74) is 1.76. The number of carbonyl (C=O) groups is 2. The topological polar surface area (TPSA) is 98.4 Å². The Balaban J connectivity index is 1.37. The Morgan fingerprint density at radius 1 is 1.09 bits per heavy atom. The van der Waals surface area contributed by atoms with E-state index in [2.05, 4.69) is 15.7 Å². The number of hydrogen-bond acceptors (Lipinski definition) is 5. The lowest BCUT2D eigenvalue weighted by molar-refractivity contribution is 0.0943. The van der Waals surface area contributed by atoms with E-state index in [0.717, 1.165) is 5.56 Å². The Bertz CT molecular complexity index is 1250. The maximum Gasteiger partial charge on any atom is 0.274 e. The van der Waals surface area contributed by atoms with Crippen molar-refractivity contribution in [2.75, 3.05) is 5.32 Å². The molecule has 4 rings (SSSR count). The quantitative estimate of drug-likeness (QED) is 0.402. The van der Waals surface area contributed by atoms with Crippen molar-refractivity contribution >= 4 is 29.1 Å². The molecule has 0 saturated carbocycles. The Morgan fingerprint density at radius 2 is 1.91 bits per heavy atom. The van der Waals surface area contributed by atoms with Crippen molar-refractivity contribution in [1.82, 2.24) is 15.1 Å². The summed E-state index contributed by atoms with van der Waals surface area (Å²) in [6.45, 7) is 0.555. The van der Waals surface area contributed by atoms with Gasteiger partial charge >= 0.3 is 0 Å². The van der Waals surface area contributed by atoms with Crippen LogP contribution in [0.4, 0.5) is 5.69 Å². The van der Waals surface area contributed by atoms with Crippen molar-refractivity contribution in [3.63, 3.8) is 0 Å². The first kappa shape index (κ1) is 22.2. The third-order valence-corrected chi connectivity index (χ3v) is 4.95. The summed E-state index contributed by atoms with van der Waals surface area (Å²) in [7, 11) is 1.67. The second kappa shape index (κ2) is 10.1. The average molecular weight is 465 g/mol. The Morgan fingerprint density at radius 3 is 2.64 bits per heavy atom. The van der Waals surface area contributed by atoms with Crippen molar-refractivity contribution in [2.45, 2.75) is 13.2 Å². The summed E-state index contributed by atoms with van der Waals surface area (Å²) in [5.74, 6) is 0.504. The fraction of sp³-hybridized carbons (Fsp3) is 0.125. The van der Waals surface area contributed by atoms with Crippen molar-refractivity contribution in [3.8, 4) is 5.75 Å². The summed E-state index contributed by atoms with van der Waals surface area (Å²) < 4.78 is 12.4. The van der Waals surface area contributed by atoms with Crippen LogP contribution in [-0.4, -0.2) is 21.6 Å². The van der Waals surface area contributed by atoms with Crippen molar-refractivity contribution in [3.05, 3.63) is 101 Å². The van der Waals surface area contributed by atoms with Crippen LogP contribution in [0.1, 0.15) is 32.2 Å². The molecule has 0 bridgehead atoms. The number of anilines is 1. The molecule has 2 aromatic carbocycles. The molecule has 0 radical (unpaired) electrons. The first-order chi connectivity index (χ1) is 16.0. The minimum Gasteiger partial charge on any atom is -0.489 e. The zero-order valence-corrected chi connectivity index (χ0v) is 18.5. The maximum absolute atomic E-state index is 12.7. The number of benzene rings is 2. The number of ether oxygens (including phenoxy) is 1. The first-order valence-corrected chi connectivity index (χ1v) is 10.5. The lowest BCUT2D eigenvalue weighted by Crippen LogP contribution is -2.25. The standard InChI is InChI=1S/C24H21ClN4O4/c1-29-14-21(22(28-29)24(31)26-13-20-6-3-11-32-20)27-23(30)17-9-7-16(8-10-17)15-33-19-5-2-4-18(25)12-19/h2-12,14H,13,15H2,1H3,(H,26,31)(H,27,30). The van der Waals surface area contributed by atoms with Crippen molar-refractivity contribution in [2.24, 2.45) is 7.05 Å². The van der Waals surface area contributed by atoms with Gasteiger partial charge in [-0.25, -0.2) is 0 Å². The molecular weight excluding hydrogens is 444 g/mol. The molecule has 2 aromatic heterocycles. The number of rotatable bonds is 8. The van der Waals surface area contributed by atoms with Crippen LogP contribution in [0.2, 0.25) is 5.02 Å². The second-order valence-electron chi connectivity index (χ2n) is 7.22. The van der Waals surface area contributed by atoms with E-state index in [4.69, 9.17) is 20.8 Å². The molecule has 0 unspecified atom stereocenters. The minimum atomic E-state index is -0.421. The summed E-state index contributed by atoms with van der Waals surface area (Å²) in [4.78, 5) is 25.3. The molecule has 0 spiro atoms. The van der Waals surface area contributed by atoms with E-state index in [1.165, 1.54) is 10.9 Å². The second-order valence-corrected chi connectivity index (χ2v) is 7.66. The maximum atomic E-state index is 12.7. The predicted octanol–water partition coefficient (Wildman–Crippen LogP) is 4.43. The highest BCUT2D eigenvalue weighted by Crippen LogP contribution is 2.19. The Hall–Kier alpha value is -4.04. The fourth-order valence-electron chi connectivity index (χ4n) is 3.08. The first-order valence-electron chi connectivity index (χ1n) is 10.1. The van der Waals surface area contributed by atoms with E-state index in [1.54, 1.807) is 61.8 Å². The van der Waals surface area contributed by atoms with Crippen LogP contribution in [0.5, 0.6) is 5.75 Å². The van der Waals surface area contributed by atoms with E-state index in [1.807, 2.05) is 12.1 Å². The van der Waals surface area contributed by atoms with Gasteiger partial charge in [-0.2, -0.15) is 5.10 Å². The van der Waals surface area contributed by atoms with Gasteiger partial charge in [-0.3, -0.25) is 14.3 Å². The average Bonchev–Trinajstić information content (AvgIpc) is 3.46. The normalized spacial score (nSPS) is 10.6. The monoisotopic (exact) mass is 464 g/mol. The molecule has 33 heavy (non-hydrogen) atoms. The molecule has 0 aliphatic carbocycles. The van der Waals surface area contributed by atoms with Crippen LogP contribution in [0, 0.1) is 0 Å². The van der Waals surface area contributed by atoms with Crippen LogP contribution >= 0.6 is 11.6 Å². The zero-order chi connectivity index (χ0) is 23.2. The summed E-state index contributed by atoms with van der Waals surface area (Å²) in [6, 6.07) is 17.6. The molecule has 2 heterocycles. The molecule has 0 fully saturated rings. The summed E-state index contributed by atoms with van der Waals surface area (Å²) >= 11 is 5.96. The molecule has 2 N–H and O–H groups in total. The number of aromatic nitrogens is 2. The molecule has 0 aliphatic heterocycles. The molecular formula is C24H21ClN4O4. The van der Waals surface area contributed by atoms with Gasteiger partial charge in [0.2, 0.25) is 0 Å². The van der Waals surface area contributed by atoms with Crippen LogP contribution in [0.3, 0.4) is 0 Å². The minimum absolute atomic E-state index is 0.115. The highest BCUT2D eigenvalue weighted by Gasteiger charge is 2.19. The number of nitrogens with zero attached hydrogens (tertiary/aromatic N) is 2. The lowest BCUT2D eigenvalue weighted by Gasteiger charge is -2.08. The number of halogens is 1. The largest absolute Gasteiger partial charge is 0.489 e. The van der Waals surface area contributed by atoms with Gasteiger partial charge in [-0.15, -0.1) is 0 Å². The van der Waals surface area contributed by atoms with Crippen molar-refractivity contribution < 1.29 is 18.7 Å². The summed E-state index contributed by atoms with van der Waals surface area (Å²) in [6.07, 6.45) is 3.11. The Labute approximate surface area is 195 Å². The van der Waals surface area contributed by atoms with Gasteiger partial charge < -0.3 is 19.8 Å². The molecule has 0 atom stereocenters. The number of carbonyl (C=O) groups excluding carboxylic acids is 2. The van der Waals surface area contributed by atoms with E-state index in [9.17, 15) is 9.59 Å². The predicted molar refractivity (Wildman–Crippen MR) is 123 cm³/mol. The van der Waals surface area contributed by atoms with Gasteiger partial charge in [0.25, 0.3) is 11.8 Å². The molecule has 0 saturated heterocycles. The molecule has 0 aliphatic rings. The van der Waals surface area contributed by atoms with Crippen LogP contribution in [-0.2, 0) is 20.2 Å². The zero-order valence-electron chi connectivity index (χ0n) is 17.7. The van der Waals surface area contributed by atoms with Gasteiger partial charge in [-0.1, -0.05) is 29.8 Å². The third kappa shape index (κ3) is 5.81. The summed E-state index contributed by atoms with van der Waals surface area (Å²) in [5, 5.41) is 10.2. The van der Waals surface area contributed by atoms with Crippen LogP contribution in [0.15, 0.2) is 77.5 Å². The van der Waals surface area contributed by atoms with Gasteiger partial charge in [-0.05, 0) is 48.0 Å². The van der Waals surface area contributed by atoms with E-state index in [0.29, 0.717) is 34.4 Å². The van der Waals surface area contributed by atoms with E-state index < -0.39 is 5.91 Å². The fourth-order valence-corrected chi connectivity index (χ4v) is 3.26. The highest BCUT2D eigenvalue weighted by atomic mass is 35.5. The Kier molecular flexibility index (Phi) is 6.75. The smallest absolute Gasteiger partial charge is 0.274 e. The number of aryl methyl sites for hydroxylation is 1. The van der Waals surface area contributed by atoms with Gasteiger partial charge in [0.15, 0.2) is 5.69 Å². The van der Waals surface area contributed by atoms with Gasteiger partial charge in [0, 0.05) is 23.8 Å². The molecule has 9 heteroatoms. The molecule has 2 amide bonds. The SMILES string of the molecule is Cn1cc(NC(=O)c2ccc(COc3cccc(Cl)c3)cc2)c(C(=O)NCc2ccco2)n1. The van der Waals surface area contributed by atoms with Crippen molar-refractivity contribution in [1.29, 1.82) is 0 Å². The molecule has 4 aromatic rings. The molecule has 168 valence electrons. The lowest BCUT2D eigenvalue weighted by atomic mass is 10.1. The number of nitrogens with one attached hydrogen (secondary N) is 2. The van der Waals surface area contributed by atoms with Crippen LogP contribution < -0.4 is 15.4 Å². The van der Waals surface area contributed by atoms with E-state index >= 15 is 0 Å². The number of furan rings is 1. The van der Waals surface area contributed by atoms with Crippen LogP contribution in [0.25, 0.3) is 0 Å².